The maximum Gasteiger partial charge on any atom is 0.137 e. The van der Waals surface area contributed by atoms with Crippen LogP contribution in [0.15, 0.2) is 6.33 Å². The minimum Gasteiger partial charge on any atom is -0.376 e. The van der Waals surface area contributed by atoms with Gasteiger partial charge in [0.15, 0.2) is 0 Å². The summed E-state index contributed by atoms with van der Waals surface area (Å²) in [5.41, 5.74) is 0. The fraction of sp³-hybridized carbons (Fsp3) is 0.750. The molecular weight excluding hydrogens is 239 g/mol. The van der Waals surface area contributed by atoms with Crippen molar-refractivity contribution in [1.29, 1.82) is 0 Å². The van der Waals surface area contributed by atoms with Crippen molar-refractivity contribution >= 4 is 24.8 Å². The van der Waals surface area contributed by atoms with Crippen LogP contribution in [-0.4, -0.2) is 41.5 Å². The topological polar surface area (TPSA) is 62.8 Å². The Balaban J connectivity index is 0.000000980. The first kappa shape index (κ1) is 14.6. The third kappa shape index (κ3) is 3.31. The number of hydrogen-bond donors (Lipinski definition) is 2. The number of nitrogens with zero attached hydrogens (tertiary/aromatic N) is 2. The Morgan fingerprint density at radius 3 is 3.00 bits per heavy atom. The molecule has 1 saturated heterocycles. The zero-order chi connectivity index (χ0) is 9.10. The SMILES string of the molecule is CNC[C@@H]1OCC[C@@H]1c1ncn[nH]1.Cl.Cl. The fourth-order valence-electron chi connectivity index (χ4n) is 1.76. The summed E-state index contributed by atoms with van der Waals surface area (Å²) in [6, 6.07) is 0. The normalized spacial score (nSPS) is 24.3. The van der Waals surface area contributed by atoms with Gasteiger partial charge in [-0.3, -0.25) is 5.10 Å². The minimum atomic E-state index is 0. The lowest BCUT2D eigenvalue weighted by atomic mass is 10.0. The lowest BCUT2D eigenvalue weighted by molar-refractivity contribution is 0.103. The van der Waals surface area contributed by atoms with Gasteiger partial charge in [0, 0.05) is 19.1 Å². The van der Waals surface area contributed by atoms with E-state index in [1.165, 1.54) is 0 Å². The van der Waals surface area contributed by atoms with Crippen molar-refractivity contribution in [3.8, 4) is 0 Å². The summed E-state index contributed by atoms with van der Waals surface area (Å²) in [4.78, 5) is 4.16. The van der Waals surface area contributed by atoms with Gasteiger partial charge in [-0.2, -0.15) is 5.10 Å². The van der Waals surface area contributed by atoms with Crippen molar-refractivity contribution in [3.05, 3.63) is 12.2 Å². The van der Waals surface area contributed by atoms with E-state index in [1.54, 1.807) is 6.33 Å². The third-order valence-corrected chi connectivity index (χ3v) is 2.40. The summed E-state index contributed by atoms with van der Waals surface area (Å²) in [7, 11) is 1.93. The van der Waals surface area contributed by atoms with Gasteiger partial charge in [0.25, 0.3) is 0 Å². The second-order valence-electron chi connectivity index (χ2n) is 3.23. The van der Waals surface area contributed by atoms with E-state index in [1.807, 2.05) is 7.05 Å². The van der Waals surface area contributed by atoms with Crippen LogP contribution in [0, 0.1) is 0 Å². The van der Waals surface area contributed by atoms with Crippen LogP contribution in [0.4, 0.5) is 0 Å². The van der Waals surface area contributed by atoms with E-state index in [0.29, 0.717) is 5.92 Å². The maximum atomic E-state index is 5.58. The standard InChI is InChI=1S/C8H14N4O.2ClH/c1-9-4-7-6(2-3-13-7)8-10-5-11-12-8;;/h5-7,9H,2-4H2,1H3,(H,10,11,12);2*1H/t6-,7-;;/m0../s1. The van der Waals surface area contributed by atoms with E-state index >= 15 is 0 Å². The van der Waals surface area contributed by atoms with Gasteiger partial charge < -0.3 is 10.1 Å². The molecule has 1 fully saturated rings. The van der Waals surface area contributed by atoms with Crippen LogP contribution in [-0.2, 0) is 4.74 Å². The van der Waals surface area contributed by atoms with Crippen LogP contribution in [0.5, 0.6) is 0 Å². The van der Waals surface area contributed by atoms with Crippen molar-refractivity contribution in [2.75, 3.05) is 20.2 Å². The Hall–Kier alpha value is -0.360. The molecular formula is C8H16Cl2N4O. The zero-order valence-electron chi connectivity index (χ0n) is 8.47. The molecule has 0 aliphatic carbocycles. The highest BCUT2D eigenvalue weighted by molar-refractivity contribution is 5.85. The summed E-state index contributed by atoms with van der Waals surface area (Å²) < 4.78 is 5.58. The molecule has 2 atom stereocenters. The number of hydrogen-bond acceptors (Lipinski definition) is 4. The smallest absolute Gasteiger partial charge is 0.137 e. The zero-order valence-corrected chi connectivity index (χ0v) is 10.1. The largest absolute Gasteiger partial charge is 0.376 e. The molecule has 88 valence electrons. The first-order valence-electron chi connectivity index (χ1n) is 4.53. The van der Waals surface area contributed by atoms with Gasteiger partial charge in [-0.15, -0.1) is 24.8 Å². The molecule has 1 aliphatic rings. The van der Waals surface area contributed by atoms with Crippen molar-refractivity contribution in [2.45, 2.75) is 18.4 Å². The van der Waals surface area contributed by atoms with E-state index in [9.17, 15) is 0 Å². The highest BCUT2D eigenvalue weighted by atomic mass is 35.5. The van der Waals surface area contributed by atoms with E-state index in [4.69, 9.17) is 4.74 Å². The molecule has 5 nitrogen and oxygen atoms in total. The predicted molar refractivity (Wildman–Crippen MR) is 61.9 cm³/mol. The van der Waals surface area contributed by atoms with Gasteiger partial charge in [0.1, 0.15) is 12.2 Å². The summed E-state index contributed by atoms with van der Waals surface area (Å²) in [6.07, 6.45) is 2.81. The highest BCUT2D eigenvalue weighted by Gasteiger charge is 2.30. The van der Waals surface area contributed by atoms with E-state index in [2.05, 4.69) is 20.5 Å². The van der Waals surface area contributed by atoms with Gasteiger partial charge in [0.05, 0.1) is 6.10 Å². The van der Waals surface area contributed by atoms with Crippen molar-refractivity contribution in [1.82, 2.24) is 20.5 Å². The number of H-pyrrole nitrogens is 1. The first-order valence-corrected chi connectivity index (χ1v) is 4.53. The summed E-state index contributed by atoms with van der Waals surface area (Å²) >= 11 is 0. The molecule has 1 aromatic rings. The maximum absolute atomic E-state index is 5.58. The molecule has 1 aliphatic heterocycles. The molecule has 2 N–H and O–H groups in total. The highest BCUT2D eigenvalue weighted by Crippen LogP contribution is 2.27. The number of nitrogens with one attached hydrogen (secondary N) is 2. The van der Waals surface area contributed by atoms with Gasteiger partial charge >= 0.3 is 0 Å². The molecule has 2 heterocycles. The molecule has 0 spiro atoms. The Bertz CT molecular complexity index is 257. The van der Waals surface area contributed by atoms with Crippen LogP contribution in [0.3, 0.4) is 0 Å². The van der Waals surface area contributed by atoms with Crippen LogP contribution in [0.1, 0.15) is 18.2 Å². The number of rotatable bonds is 3. The minimum absolute atomic E-state index is 0. The van der Waals surface area contributed by atoms with Crippen molar-refractivity contribution < 1.29 is 4.74 Å². The fourth-order valence-corrected chi connectivity index (χ4v) is 1.76. The average Bonchev–Trinajstić information content (AvgIpc) is 2.71. The molecule has 0 radical (unpaired) electrons. The van der Waals surface area contributed by atoms with E-state index in [0.717, 1.165) is 25.4 Å². The molecule has 15 heavy (non-hydrogen) atoms. The Morgan fingerprint density at radius 2 is 2.40 bits per heavy atom. The van der Waals surface area contributed by atoms with Gasteiger partial charge in [-0.1, -0.05) is 0 Å². The number of aromatic nitrogens is 3. The predicted octanol–water partition coefficient (Wildman–Crippen LogP) is 0.740. The third-order valence-electron chi connectivity index (χ3n) is 2.40. The Morgan fingerprint density at radius 1 is 1.60 bits per heavy atom. The van der Waals surface area contributed by atoms with Gasteiger partial charge in [0.2, 0.25) is 0 Å². The molecule has 2 rings (SSSR count). The number of halogens is 2. The lowest BCUT2D eigenvalue weighted by Crippen LogP contribution is -2.28. The van der Waals surface area contributed by atoms with E-state index in [-0.39, 0.29) is 30.9 Å². The molecule has 0 unspecified atom stereocenters. The van der Waals surface area contributed by atoms with Gasteiger partial charge in [-0.05, 0) is 13.5 Å². The van der Waals surface area contributed by atoms with Crippen LogP contribution < -0.4 is 5.32 Å². The van der Waals surface area contributed by atoms with Crippen LogP contribution in [0.25, 0.3) is 0 Å². The van der Waals surface area contributed by atoms with Crippen molar-refractivity contribution in [2.24, 2.45) is 0 Å². The molecule has 0 saturated carbocycles. The second kappa shape index (κ2) is 7.00. The summed E-state index contributed by atoms with van der Waals surface area (Å²) in [5.74, 6) is 1.31. The Labute approximate surface area is 101 Å². The monoisotopic (exact) mass is 254 g/mol. The Kier molecular flexibility index (Phi) is 6.84. The molecule has 0 amide bonds. The van der Waals surface area contributed by atoms with Crippen LogP contribution in [0.2, 0.25) is 0 Å². The molecule has 0 bridgehead atoms. The average molecular weight is 255 g/mol. The second-order valence-corrected chi connectivity index (χ2v) is 3.23. The molecule has 1 aromatic heterocycles. The number of ether oxygens (including phenoxy) is 1. The summed E-state index contributed by atoms with van der Waals surface area (Å²) in [6.45, 7) is 1.68. The lowest BCUT2D eigenvalue weighted by Gasteiger charge is -2.15. The number of aromatic amines is 1. The van der Waals surface area contributed by atoms with E-state index < -0.39 is 0 Å². The summed E-state index contributed by atoms with van der Waals surface area (Å²) in [5, 5.41) is 9.86. The first-order chi connectivity index (χ1) is 6.42. The van der Waals surface area contributed by atoms with Crippen molar-refractivity contribution in [3.63, 3.8) is 0 Å². The molecule has 0 aromatic carbocycles. The quantitative estimate of drug-likeness (QED) is 0.836. The number of likely N-dealkylation sites (N-methyl/N-ethyl adjacent to an activating group) is 1. The van der Waals surface area contributed by atoms with Gasteiger partial charge in [-0.25, -0.2) is 4.98 Å². The molecule has 7 heteroatoms. The van der Waals surface area contributed by atoms with Crippen LogP contribution >= 0.6 is 24.8 Å².